The van der Waals surface area contributed by atoms with Gasteiger partial charge in [0.15, 0.2) is 5.58 Å². The first kappa shape index (κ1) is 19.0. The molecule has 146 valence electrons. The van der Waals surface area contributed by atoms with Crippen LogP contribution in [0.4, 0.5) is 0 Å². The molecule has 0 atom stereocenters. The molecular formula is C22H24ClN3O2. The molecule has 1 aromatic carbocycles. The van der Waals surface area contributed by atoms with Crippen LogP contribution in [0.5, 0.6) is 0 Å². The van der Waals surface area contributed by atoms with E-state index in [1.165, 1.54) is 12.8 Å². The summed E-state index contributed by atoms with van der Waals surface area (Å²) in [7, 11) is 0. The molecular weight excluding hydrogens is 374 g/mol. The number of aromatic nitrogens is 2. The lowest BCUT2D eigenvalue weighted by Crippen LogP contribution is -2.31. The molecule has 28 heavy (non-hydrogen) atoms. The van der Waals surface area contributed by atoms with Crippen molar-refractivity contribution in [1.82, 2.24) is 14.5 Å². The van der Waals surface area contributed by atoms with E-state index in [-0.39, 0.29) is 5.69 Å². The first-order chi connectivity index (χ1) is 13.6. The molecule has 0 bridgehead atoms. The number of hydrogen-bond acceptors (Lipinski definition) is 4. The first-order valence-electron chi connectivity index (χ1n) is 9.76. The van der Waals surface area contributed by atoms with Crippen LogP contribution in [0.15, 0.2) is 45.6 Å². The third kappa shape index (κ3) is 3.40. The van der Waals surface area contributed by atoms with E-state index in [0.29, 0.717) is 28.4 Å². The number of benzene rings is 1. The average molecular weight is 398 g/mol. The monoisotopic (exact) mass is 397 g/mol. The van der Waals surface area contributed by atoms with Crippen molar-refractivity contribution >= 4 is 39.2 Å². The van der Waals surface area contributed by atoms with Crippen LogP contribution in [0.25, 0.3) is 27.6 Å². The highest BCUT2D eigenvalue weighted by Crippen LogP contribution is 2.33. The Kier molecular flexibility index (Phi) is 5.38. The Morgan fingerprint density at radius 3 is 2.75 bits per heavy atom. The van der Waals surface area contributed by atoms with Gasteiger partial charge in [0, 0.05) is 23.5 Å². The summed E-state index contributed by atoms with van der Waals surface area (Å²) >= 11 is 6.25. The molecule has 0 radical (unpaired) electrons. The number of halogens is 1. The topological polar surface area (TPSA) is 51.3 Å². The predicted octanol–water partition coefficient (Wildman–Crippen LogP) is 4.87. The van der Waals surface area contributed by atoms with E-state index in [0.717, 1.165) is 36.1 Å². The van der Waals surface area contributed by atoms with Crippen LogP contribution in [0.3, 0.4) is 0 Å². The van der Waals surface area contributed by atoms with Gasteiger partial charge in [-0.1, -0.05) is 29.8 Å². The lowest BCUT2D eigenvalue weighted by atomic mass is 10.1. The molecule has 0 saturated carbocycles. The summed E-state index contributed by atoms with van der Waals surface area (Å²) in [5, 5.41) is 1.47. The molecule has 3 heterocycles. The molecule has 0 unspecified atom stereocenters. The predicted molar refractivity (Wildman–Crippen MR) is 115 cm³/mol. The van der Waals surface area contributed by atoms with Crippen LogP contribution in [-0.4, -0.2) is 34.1 Å². The van der Waals surface area contributed by atoms with E-state index in [2.05, 4.69) is 9.88 Å². The van der Waals surface area contributed by atoms with Crippen molar-refractivity contribution in [2.45, 2.75) is 33.2 Å². The van der Waals surface area contributed by atoms with Crippen molar-refractivity contribution < 1.29 is 4.42 Å². The summed E-state index contributed by atoms with van der Waals surface area (Å²) < 4.78 is 7.90. The SMILES string of the molecule is C/C=C\C(=C/C)c1nc(=O)n(CCN2CCCC2)c2c1oc1ccc(Cl)cc12. The summed E-state index contributed by atoms with van der Waals surface area (Å²) in [4.78, 5) is 19.8. The zero-order valence-electron chi connectivity index (χ0n) is 16.2. The number of nitrogens with zero attached hydrogens (tertiary/aromatic N) is 3. The molecule has 4 rings (SSSR count). The van der Waals surface area contributed by atoms with Crippen molar-refractivity contribution in [1.29, 1.82) is 0 Å². The molecule has 1 aliphatic rings. The molecule has 0 aliphatic carbocycles. The Morgan fingerprint density at radius 2 is 2.04 bits per heavy atom. The van der Waals surface area contributed by atoms with Crippen LogP contribution in [0.2, 0.25) is 5.02 Å². The summed E-state index contributed by atoms with van der Waals surface area (Å²) in [5.74, 6) is 0. The minimum atomic E-state index is -0.256. The van der Waals surface area contributed by atoms with Crippen molar-refractivity contribution in [2.75, 3.05) is 19.6 Å². The molecule has 1 saturated heterocycles. The Morgan fingerprint density at radius 1 is 1.25 bits per heavy atom. The van der Waals surface area contributed by atoms with E-state index >= 15 is 0 Å². The minimum Gasteiger partial charge on any atom is -0.452 e. The second kappa shape index (κ2) is 7.94. The summed E-state index contributed by atoms with van der Waals surface area (Å²) in [6.07, 6.45) is 8.26. The van der Waals surface area contributed by atoms with Crippen LogP contribution < -0.4 is 5.69 Å². The van der Waals surface area contributed by atoms with Crippen molar-refractivity contribution in [3.05, 3.63) is 57.6 Å². The zero-order chi connectivity index (χ0) is 19.7. The molecule has 1 aliphatic heterocycles. The van der Waals surface area contributed by atoms with E-state index in [1.54, 1.807) is 10.6 Å². The van der Waals surface area contributed by atoms with Gasteiger partial charge in [0.2, 0.25) is 0 Å². The zero-order valence-corrected chi connectivity index (χ0v) is 17.0. The highest BCUT2D eigenvalue weighted by molar-refractivity contribution is 6.31. The first-order valence-corrected chi connectivity index (χ1v) is 10.1. The minimum absolute atomic E-state index is 0.256. The lowest BCUT2D eigenvalue weighted by molar-refractivity contribution is 0.322. The van der Waals surface area contributed by atoms with Gasteiger partial charge < -0.3 is 9.32 Å². The van der Waals surface area contributed by atoms with Gasteiger partial charge in [0.25, 0.3) is 0 Å². The Bertz CT molecular complexity index is 1130. The number of hydrogen-bond donors (Lipinski definition) is 0. The standard InChI is InChI=1S/C22H24ClN3O2/c1-3-7-15(4-2)19-21-20(17-14-16(23)8-9-18(17)28-21)26(22(27)24-19)13-12-25-10-5-6-11-25/h3-4,7-9,14H,5-6,10-13H2,1-2H3/b7-3-,15-4+. The van der Waals surface area contributed by atoms with Gasteiger partial charge in [-0.3, -0.25) is 4.57 Å². The number of rotatable bonds is 5. The van der Waals surface area contributed by atoms with Crippen LogP contribution in [-0.2, 0) is 6.54 Å². The van der Waals surface area contributed by atoms with E-state index in [9.17, 15) is 4.79 Å². The second-order valence-electron chi connectivity index (χ2n) is 7.11. The maximum Gasteiger partial charge on any atom is 0.348 e. The number of likely N-dealkylation sites (tertiary alicyclic amines) is 1. The van der Waals surface area contributed by atoms with Crippen molar-refractivity contribution in [3.63, 3.8) is 0 Å². The average Bonchev–Trinajstić information content (AvgIpc) is 3.33. The molecule has 0 N–H and O–H groups in total. The van der Waals surface area contributed by atoms with E-state index < -0.39 is 0 Å². The summed E-state index contributed by atoms with van der Waals surface area (Å²) in [6.45, 7) is 7.46. The number of allylic oxidation sites excluding steroid dienone is 4. The van der Waals surface area contributed by atoms with E-state index in [1.807, 2.05) is 44.2 Å². The third-order valence-electron chi connectivity index (χ3n) is 5.32. The van der Waals surface area contributed by atoms with Crippen LogP contribution in [0, 0.1) is 0 Å². The van der Waals surface area contributed by atoms with Gasteiger partial charge in [-0.25, -0.2) is 4.79 Å². The number of furan rings is 1. The normalized spacial score (nSPS) is 16.2. The van der Waals surface area contributed by atoms with Crippen molar-refractivity contribution in [2.24, 2.45) is 0 Å². The lowest BCUT2D eigenvalue weighted by Gasteiger charge is -2.16. The molecule has 2 aromatic heterocycles. The quantitative estimate of drug-likeness (QED) is 0.576. The molecule has 3 aromatic rings. The highest BCUT2D eigenvalue weighted by atomic mass is 35.5. The fourth-order valence-electron chi connectivity index (χ4n) is 3.93. The maximum absolute atomic E-state index is 13.0. The van der Waals surface area contributed by atoms with Crippen LogP contribution in [0.1, 0.15) is 32.4 Å². The van der Waals surface area contributed by atoms with Gasteiger partial charge in [0.05, 0.1) is 0 Å². The Balaban J connectivity index is 1.95. The van der Waals surface area contributed by atoms with Gasteiger partial charge in [-0.15, -0.1) is 0 Å². The van der Waals surface area contributed by atoms with Crippen LogP contribution >= 0.6 is 11.6 Å². The smallest absolute Gasteiger partial charge is 0.348 e. The molecule has 0 amide bonds. The molecule has 0 spiro atoms. The van der Waals surface area contributed by atoms with Gasteiger partial charge >= 0.3 is 5.69 Å². The van der Waals surface area contributed by atoms with Gasteiger partial charge in [0.1, 0.15) is 16.8 Å². The summed E-state index contributed by atoms with van der Waals surface area (Å²) in [6, 6.07) is 5.51. The Labute approximate surface area is 168 Å². The molecule has 1 fully saturated rings. The fraction of sp³-hybridized carbons (Fsp3) is 0.364. The molecule has 5 nitrogen and oxygen atoms in total. The van der Waals surface area contributed by atoms with Crippen molar-refractivity contribution in [3.8, 4) is 0 Å². The highest BCUT2D eigenvalue weighted by Gasteiger charge is 2.21. The fourth-order valence-corrected chi connectivity index (χ4v) is 4.10. The number of fused-ring (bicyclic) bond motifs is 3. The molecule has 6 heteroatoms. The second-order valence-corrected chi connectivity index (χ2v) is 7.54. The van der Waals surface area contributed by atoms with Gasteiger partial charge in [-0.2, -0.15) is 4.98 Å². The summed E-state index contributed by atoms with van der Waals surface area (Å²) in [5.41, 5.74) is 3.29. The Hall–Kier alpha value is -2.37. The largest absolute Gasteiger partial charge is 0.452 e. The van der Waals surface area contributed by atoms with E-state index in [4.69, 9.17) is 16.0 Å². The maximum atomic E-state index is 13.0. The van der Waals surface area contributed by atoms with Gasteiger partial charge in [-0.05, 0) is 63.6 Å². The third-order valence-corrected chi connectivity index (χ3v) is 5.55.